The quantitative estimate of drug-likeness (QED) is 0.588. The van der Waals surface area contributed by atoms with Gasteiger partial charge in [-0.2, -0.15) is 0 Å². The molecule has 0 aliphatic carbocycles. The first-order chi connectivity index (χ1) is 13.8. The van der Waals surface area contributed by atoms with Crippen LogP contribution in [0.4, 0.5) is 0 Å². The molecule has 1 aromatic carbocycles. The van der Waals surface area contributed by atoms with Gasteiger partial charge in [0.05, 0.1) is 0 Å². The number of carboxylic acid groups (broad SMARTS) is 1. The molecule has 0 fully saturated rings. The standard InChI is InChI=1S/C22H29NO6/c1-5-7-8-15-11-19(24)29-18-12-16(9-10-17(15)18)28-14(4)21(25)23-20(22(26)27)13(3)6-2/h9-14,20H,5-8H2,1-4H3,(H,23,25)(H,26,27). The Bertz CT molecular complexity index is 919. The highest BCUT2D eigenvalue weighted by Crippen LogP contribution is 2.24. The molecule has 0 saturated carbocycles. The van der Waals surface area contributed by atoms with Crippen molar-refractivity contribution in [3.63, 3.8) is 0 Å². The fourth-order valence-electron chi connectivity index (χ4n) is 3.07. The van der Waals surface area contributed by atoms with Gasteiger partial charge in [0.15, 0.2) is 6.10 Å². The molecule has 1 heterocycles. The number of nitrogens with one attached hydrogen (secondary N) is 1. The molecule has 0 spiro atoms. The number of fused-ring (bicyclic) bond motifs is 1. The van der Waals surface area contributed by atoms with Gasteiger partial charge in [0.1, 0.15) is 17.4 Å². The van der Waals surface area contributed by atoms with Crippen molar-refractivity contribution in [2.75, 3.05) is 0 Å². The van der Waals surface area contributed by atoms with Crippen LogP contribution < -0.4 is 15.7 Å². The number of amides is 1. The maximum atomic E-state index is 12.4. The van der Waals surface area contributed by atoms with E-state index < -0.39 is 29.6 Å². The van der Waals surface area contributed by atoms with Crippen molar-refractivity contribution in [3.05, 3.63) is 40.2 Å². The second kappa shape index (κ2) is 10.1. The highest BCUT2D eigenvalue weighted by molar-refractivity contribution is 5.86. The normalized spacial score (nSPS) is 14.2. The number of aliphatic carboxylic acids is 1. The number of ether oxygens (including phenoxy) is 1. The van der Waals surface area contributed by atoms with Crippen molar-refractivity contribution < 1.29 is 23.8 Å². The zero-order valence-corrected chi connectivity index (χ0v) is 17.4. The number of aryl methyl sites for hydroxylation is 1. The summed E-state index contributed by atoms with van der Waals surface area (Å²) in [6.07, 6.45) is 2.48. The lowest BCUT2D eigenvalue weighted by Gasteiger charge is -2.22. The minimum absolute atomic E-state index is 0.208. The Hall–Kier alpha value is -2.83. The molecular weight excluding hydrogens is 374 g/mol. The van der Waals surface area contributed by atoms with Crippen molar-refractivity contribution in [3.8, 4) is 5.75 Å². The molecule has 158 valence electrons. The van der Waals surface area contributed by atoms with E-state index in [-0.39, 0.29) is 5.92 Å². The first kappa shape index (κ1) is 22.5. The average Bonchev–Trinajstić information content (AvgIpc) is 2.68. The van der Waals surface area contributed by atoms with E-state index in [1.807, 2.05) is 13.0 Å². The third-order valence-corrected chi connectivity index (χ3v) is 5.06. The molecule has 29 heavy (non-hydrogen) atoms. The summed E-state index contributed by atoms with van der Waals surface area (Å²) in [7, 11) is 0. The van der Waals surface area contributed by atoms with Crippen LogP contribution in [0.5, 0.6) is 5.75 Å². The molecule has 1 aromatic heterocycles. The van der Waals surface area contributed by atoms with Crippen molar-refractivity contribution in [1.29, 1.82) is 0 Å². The number of carbonyl (C=O) groups is 2. The number of unbranched alkanes of at least 4 members (excludes halogenated alkanes) is 1. The van der Waals surface area contributed by atoms with Crippen LogP contribution in [-0.2, 0) is 16.0 Å². The Balaban J connectivity index is 2.17. The molecule has 1 amide bonds. The van der Waals surface area contributed by atoms with E-state index >= 15 is 0 Å². The summed E-state index contributed by atoms with van der Waals surface area (Å²) in [5.74, 6) is -1.44. The zero-order chi connectivity index (χ0) is 21.6. The summed E-state index contributed by atoms with van der Waals surface area (Å²) in [5.41, 5.74) is 0.898. The lowest BCUT2D eigenvalue weighted by atomic mass is 9.99. The fourth-order valence-corrected chi connectivity index (χ4v) is 3.07. The first-order valence-corrected chi connectivity index (χ1v) is 10.0. The summed E-state index contributed by atoms with van der Waals surface area (Å²) >= 11 is 0. The lowest BCUT2D eigenvalue weighted by Crippen LogP contribution is -2.49. The van der Waals surface area contributed by atoms with Crippen LogP contribution in [0.2, 0.25) is 0 Å². The van der Waals surface area contributed by atoms with Crippen LogP contribution in [0, 0.1) is 5.92 Å². The van der Waals surface area contributed by atoms with Crippen LogP contribution >= 0.6 is 0 Å². The lowest BCUT2D eigenvalue weighted by molar-refractivity contribution is -0.144. The van der Waals surface area contributed by atoms with Crippen molar-refractivity contribution in [2.45, 2.75) is 65.5 Å². The van der Waals surface area contributed by atoms with Gasteiger partial charge >= 0.3 is 11.6 Å². The number of hydrogen-bond donors (Lipinski definition) is 2. The molecule has 2 rings (SSSR count). The van der Waals surface area contributed by atoms with Gasteiger partial charge in [0, 0.05) is 17.5 Å². The summed E-state index contributed by atoms with van der Waals surface area (Å²) in [4.78, 5) is 35.7. The predicted octanol–water partition coefficient (Wildman–Crippen LogP) is 3.52. The van der Waals surface area contributed by atoms with E-state index in [0.29, 0.717) is 17.8 Å². The molecule has 2 N–H and O–H groups in total. The molecule has 3 unspecified atom stereocenters. The minimum Gasteiger partial charge on any atom is -0.481 e. The molecule has 3 atom stereocenters. The van der Waals surface area contributed by atoms with E-state index in [2.05, 4.69) is 12.2 Å². The minimum atomic E-state index is -1.08. The van der Waals surface area contributed by atoms with Gasteiger partial charge in [-0.25, -0.2) is 9.59 Å². The summed E-state index contributed by atoms with van der Waals surface area (Å²) in [5, 5.41) is 12.7. The van der Waals surface area contributed by atoms with Crippen LogP contribution in [0.15, 0.2) is 33.5 Å². The highest BCUT2D eigenvalue weighted by atomic mass is 16.5. The van der Waals surface area contributed by atoms with Crippen LogP contribution in [-0.4, -0.2) is 29.1 Å². The number of benzene rings is 1. The molecular formula is C22H29NO6. The Kier molecular flexibility index (Phi) is 7.82. The molecule has 0 bridgehead atoms. The Morgan fingerprint density at radius 3 is 2.55 bits per heavy atom. The van der Waals surface area contributed by atoms with Gasteiger partial charge in [0.2, 0.25) is 0 Å². The molecule has 7 heteroatoms. The smallest absolute Gasteiger partial charge is 0.336 e. The largest absolute Gasteiger partial charge is 0.481 e. The van der Waals surface area contributed by atoms with Crippen molar-refractivity contribution in [1.82, 2.24) is 5.32 Å². The monoisotopic (exact) mass is 403 g/mol. The van der Waals surface area contributed by atoms with Gasteiger partial charge in [0.25, 0.3) is 5.91 Å². The third kappa shape index (κ3) is 5.82. The van der Waals surface area contributed by atoms with Gasteiger partial charge in [-0.1, -0.05) is 33.6 Å². The number of rotatable bonds is 10. The SMILES string of the molecule is CCCCc1cc(=O)oc2cc(OC(C)C(=O)NC(C(=O)O)C(C)CC)ccc12. The van der Waals surface area contributed by atoms with Crippen molar-refractivity contribution in [2.24, 2.45) is 5.92 Å². The van der Waals surface area contributed by atoms with E-state index in [4.69, 9.17) is 9.15 Å². The van der Waals surface area contributed by atoms with Gasteiger partial charge in [-0.05, 0) is 43.4 Å². The summed E-state index contributed by atoms with van der Waals surface area (Å²) < 4.78 is 11.0. The van der Waals surface area contributed by atoms with E-state index in [1.54, 1.807) is 26.0 Å². The number of carboxylic acids is 1. The molecule has 0 saturated heterocycles. The molecule has 0 radical (unpaired) electrons. The maximum absolute atomic E-state index is 12.4. The second-order valence-corrected chi connectivity index (χ2v) is 7.32. The zero-order valence-electron chi connectivity index (χ0n) is 17.4. The molecule has 0 aliphatic heterocycles. The van der Waals surface area contributed by atoms with Crippen LogP contribution in [0.25, 0.3) is 11.0 Å². The Labute approximate surface area is 170 Å². The van der Waals surface area contributed by atoms with Gasteiger partial charge in [-0.3, -0.25) is 4.79 Å². The summed E-state index contributed by atoms with van der Waals surface area (Å²) in [6, 6.07) is 5.64. The summed E-state index contributed by atoms with van der Waals surface area (Å²) in [6.45, 7) is 7.27. The highest BCUT2D eigenvalue weighted by Gasteiger charge is 2.28. The van der Waals surface area contributed by atoms with Gasteiger partial charge < -0.3 is 19.6 Å². The third-order valence-electron chi connectivity index (χ3n) is 5.06. The first-order valence-electron chi connectivity index (χ1n) is 10.0. The molecule has 2 aromatic rings. The van der Waals surface area contributed by atoms with E-state index in [0.717, 1.165) is 30.2 Å². The van der Waals surface area contributed by atoms with Crippen LogP contribution in [0.3, 0.4) is 0 Å². The molecule has 0 aliphatic rings. The van der Waals surface area contributed by atoms with E-state index in [1.165, 1.54) is 6.07 Å². The topological polar surface area (TPSA) is 106 Å². The average molecular weight is 403 g/mol. The van der Waals surface area contributed by atoms with Gasteiger partial charge in [-0.15, -0.1) is 0 Å². The molecule has 7 nitrogen and oxygen atoms in total. The van der Waals surface area contributed by atoms with E-state index in [9.17, 15) is 19.5 Å². The second-order valence-electron chi connectivity index (χ2n) is 7.32. The van der Waals surface area contributed by atoms with Crippen molar-refractivity contribution >= 4 is 22.8 Å². The predicted molar refractivity (Wildman–Crippen MR) is 110 cm³/mol. The Morgan fingerprint density at radius 1 is 1.21 bits per heavy atom. The Morgan fingerprint density at radius 2 is 1.93 bits per heavy atom. The maximum Gasteiger partial charge on any atom is 0.336 e. The number of hydrogen-bond acceptors (Lipinski definition) is 5. The number of carbonyl (C=O) groups excluding carboxylic acids is 1. The fraction of sp³-hybridized carbons (Fsp3) is 0.500. The van der Waals surface area contributed by atoms with Crippen LogP contribution in [0.1, 0.15) is 52.5 Å².